The molecule has 1 aliphatic rings. The van der Waals surface area contributed by atoms with Crippen LogP contribution < -0.4 is 5.32 Å². The Bertz CT molecular complexity index is 616. The van der Waals surface area contributed by atoms with Crippen LogP contribution >= 0.6 is 0 Å². The molecule has 2 heterocycles. The highest BCUT2D eigenvalue weighted by Gasteiger charge is 2.45. The van der Waals surface area contributed by atoms with Crippen LogP contribution in [0.15, 0.2) is 36.5 Å². The lowest BCUT2D eigenvalue weighted by atomic mass is 9.99. The molecule has 0 aliphatic carbocycles. The van der Waals surface area contributed by atoms with Crippen molar-refractivity contribution in [2.75, 3.05) is 26.2 Å². The van der Waals surface area contributed by atoms with Gasteiger partial charge in [-0.3, -0.25) is 9.88 Å². The van der Waals surface area contributed by atoms with E-state index in [4.69, 9.17) is 0 Å². The summed E-state index contributed by atoms with van der Waals surface area (Å²) in [5.74, 6) is 0. The summed E-state index contributed by atoms with van der Waals surface area (Å²) in [5.41, 5.74) is 0.884. The second-order valence-corrected chi connectivity index (χ2v) is 5.15. The molecule has 1 saturated heterocycles. The first-order valence-corrected chi connectivity index (χ1v) is 6.92. The number of halogens is 3. The van der Waals surface area contributed by atoms with Gasteiger partial charge < -0.3 is 5.32 Å². The largest absolute Gasteiger partial charge is 0.408 e. The summed E-state index contributed by atoms with van der Waals surface area (Å²) < 4.78 is 40.9. The minimum Gasteiger partial charge on any atom is -0.314 e. The average Bonchev–Trinajstić information content (AvgIpc) is 2.47. The summed E-state index contributed by atoms with van der Waals surface area (Å²) >= 11 is 0. The third kappa shape index (κ3) is 2.87. The minimum absolute atomic E-state index is 0.287. The number of aromatic nitrogens is 1. The number of hydrogen-bond acceptors (Lipinski definition) is 3. The Kier molecular flexibility index (Phi) is 3.82. The zero-order chi connectivity index (χ0) is 14.9. The van der Waals surface area contributed by atoms with Crippen LogP contribution in [0.25, 0.3) is 10.9 Å². The van der Waals surface area contributed by atoms with Crippen molar-refractivity contribution in [3.05, 3.63) is 42.1 Å². The fourth-order valence-electron chi connectivity index (χ4n) is 2.88. The maximum Gasteiger partial charge on any atom is 0.408 e. The fourth-order valence-corrected chi connectivity index (χ4v) is 2.88. The van der Waals surface area contributed by atoms with Crippen LogP contribution in [-0.2, 0) is 0 Å². The van der Waals surface area contributed by atoms with Gasteiger partial charge in [0.2, 0.25) is 0 Å². The normalized spacial score (nSPS) is 18.8. The van der Waals surface area contributed by atoms with E-state index in [0.717, 1.165) is 0 Å². The molecule has 1 fully saturated rings. The molecule has 0 unspecified atom stereocenters. The Morgan fingerprint density at radius 2 is 1.81 bits per heavy atom. The van der Waals surface area contributed by atoms with E-state index in [1.54, 1.807) is 24.3 Å². The molecular weight excluding hydrogens is 279 g/mol. The molecule has 1 atom stereocenters. The van der Waals surface area contributed by atoms with E-state index in [2.05, 4.69) is 10.3 Å². The number of para-hydroxylation sites is 1. The summed E-state index contributed by atoms with van der Waals surface area (Å²) in [4.78, 5) is 5.65. The molecule has 3 nitrogen and oxygen atoms in total. The molecule has 3 rings (SSSR count). The van der Waals surface area contributed by atoms with E-state index >= 15 is 0 Å². The summed E-state index contributed by atoms with van der Waals surface area (Å²) in [5, 5.41) is 3.66. The van der Waals surface area contributed by atoms with Crippen molar-refractivity contribution >= 4 is 10.9 Å². The first kappa shape index (κ1) is 14.3. The van der Waals surface area contributed by atoms with Crippen molar-refractivity contribution in [1.29, 1.82) is 0 Å². The first-order valence-electron chi connectivity index (χ1n) is 6.92. The number of rotatable bonds is 2. The van der Waals surface area contributed by atoms with Gasteiger partial charge in [0.05, 0.1) is 5.52 Å². The van der Waals surface area contributed by atoms with Crippen molar-refractivity contribution in [2.24, 2.45) is 0 Å². The Hall–Kier alpha value is -1.66. The van der Waals surface area contributed by atoms with Crippen molar-refractivity contribution in [2.45, 2.75) is 12.2 Å². The van der Waals surface area contributed by atoms with Gasteiger partial charge in [-0.25, -0.2) is 0 Å². The van der Waals surface area contributed by atoms with Gasteiger partial charge in [-0.05, 0) is 17.7 Å². The lowest BCUT2D eigenvalue weighted by Crippen LogP contribution is -2.49. The minimum atomic E-state index is -4.30. The van der Waals surface area contributed by atoms with Gasteiger partial charge in [0.1, 0.15) is 6.04 Å². The molecule has 6 heteroatoms. The molecular formula is C15H16F3N3. The van der Waals surface area contributed by atoms with E-state index in [1.807, 2.05) is 0 Å². The number of nitrogens with zero attached hydrogens (tertiary/aromatic N) is 2. The van der Waals surface area contributed by atoms with Crippen molar-refractivity contribution in [1.82, 2.24) is 15.2 Å². The van der Waals surface area contributed by atoms with E-state index in [9.17, 15) is 13.2 Å². The zero-order valence-electron chi connectivity index (χ0n) is 11.4. The Morgan fingerprint density at radius 1 is 1.10 bits per heavy atom. The molecule has 0 bridgehead atoms. The lowest BCUT2D eigenvalue weighted by molar-refractivity contribution is -0.187. The zero-order valence-corrected chi connectivity index (χ0v) is 11.4. The van der Waals surface area contributed by atoms with Gasteiger partial charge in [-0.1, -0.05) is 18.2 Å². The predicted octanol–water partition coefficient (Wildman–Crippen LogP) is 2.74. The average molecular weight is 295 g/mol. The van der Waals surface area contributed by atoms with Crippen molar-refractivity contribution in [3.8, 4) is 0 Å². The molecule has 0 spiro atoms. The Morgan fingerprint density at radius 3 is 2.52 bits per heavy atom. The Balaban J connectivity index is 2.10. The summed E-state index contributed by atoms with van der Waals surface area (Å²) in [6, 6.07) is 6.89. The summed E-state index contributed by atoms with van der Waals surface area (Å²) in [6.45, 7) is 1.94. The van der Waals surface area contributed by atoms with Crippen LogP contribution in [-0.4, -0.2) is 42.2 Å². The van der Waals surface area contributed by atoms with Crippen LogP contribution in [0.1, 0.15) is 11.6 Å². The number of benzene rings is 1. The van der Waals surface area contributed by atoms with E-state index in [-0.39, 0.29) is 5.56 Å². The maximum atomic E-state index is 13.6. The van der Waals surface area contributed by atoms with E-state index < -0.39 is 12.2 Å². The highest BCUT2D eigenvalue weighted by atomic mass is 19.4. The highest BCUT2D eigenvalue weighted by molar-refractivity contribution is 5.82. The quantitative estimate of drug-likeness (QED) is 0.923. The summed E-state index contributed by atoms with van der Waals surface area (Å²) in [7, 11) is 0. The number of alkyl halides is 3. The van der Waals surface area contributed by atoms with Gasteiger partial charge in [-0.15, -0.1) is 0 Å². The molecule has 2 aromatic rings. The van der Waals surface area contributed by atoms with Gasteiger partial charge in [-0.2, -0.15) is 13.2 Å². The number of nitrogens with one attached hydrogen (secondary N) is 1. The number of piperazine rings is 1. The second-order valence-electron chi connectivity index (χ2n) is 5.15. The van der Waals surface area contributed by atoms with Gasteiger partial charge in [0.15, 0.2) is 0 Å². The molecule has 1 aromatic carbocycles. The molecule has 112 valence electrons. The van der Waals surface area contributed by atoms with E-state index in [0.29, 0.717) is 37.1 Å². The van der Waals surface area contributed by atoms with Gasteiger partial charge in [0, 0.05) is 37.8 Å². The molecule has 1 N–H and O–H groups in total. The second kappa shape index (κ2) is 5.61. The third-order valence-corrected chi connectivity index (χ3v) is 3.80. The molecule has 0 saturated carbocycles. The fraction of sp³-hybridized carbons (Fsp3) is 0.400. The van der Waals surface area contributed by atoms with Gasteiger partial charge >= 0.3 is 6.18 Å². The van der Waals surface area contributed by atoms with Crippen molar-refractivity contribution in [3.63, 3.8) is 0 Å². The first-order chi connectivity index (χ1) is 10.1. The molecule has 0 radical (unpaired) electrons. The highest BCUT2D eigenvalue weighted by Crippen LogP contribution is 2.40. The SMILES string of the molecule is FC(F)(F)[C@@H](c1ccnc2ccccc12)N1CCNCC1. The predicted molar refractivity (Wildman–Crippen MR) is 75.0 cm³/mol. The lowest BCUT2D eigenvalue weighted by Gasteiger charge is -2.36. The number of fused-ring (bicyclic) bond motifs is 1. The van der Waals surface area contributed by atoms with Crippen LogP contribution in [0.4, 0.5) is 13.2 Å². The smallest absolute Gasteiger partial charge is 0.314 e. The van der Waals surface area contributed by atoms with Crippen LogP contribution in [0.5, 0.6) is 0 Å². The molecule has 1 aromatic heterocycles. The van der Waals surface area contributed by atoms with Crippen LogP contribution in [0.3, 0.4) is 0 Å². The molecule has 21 heavy (non-hydrogen) atoms. The van der Waals surface area contributed by atoms with Crippen LogP contribution in [0, 0.1) is 0 Å². The topological polar surface area (TPSA) is 28.2 Å². The summed E-state index contributed by atoms with van der Waals surface area (Å²) in [6.07, 6.45) is -2.85. The van der Waals surface area contributed by atoms with Crippen LogP contribution in [0.2, 0.25) is 0 Å². The molecule has 0 amide bonds. The number of hydrogen-bond donors (Lipinski definition) is 1. The maximum absolute atomic E-state index is 13.6. The monoisotopic (exact) mass is 295 g/mol. The molecule has 1 aliphatic heterocycles. The standard InChI is InChI=1S/C15H16F3N3/c16-15(17,18)14(21-9-7-19-8-10-21)12-5-6-20-13-4-2-1-3-11(12)13/h1-6,14,19H,7-10H2/t14-/m1/s1. The Labute approximate surface area is 120 Å². The number of pyridine rings is 1. The third-order valence-electron chi connectivity index (χ3n) is 3.80. The van der Waals surface area contributed by atoms with Crippen molar-refractivity contribution < 1.29 is 13.2 Å². The van der Waals surface area contributed by atoms with E-state index in [1.165, 1.54) is 17.2 Å². The van der Waals surface area contributed by atoms with Gasteiger partial charge in [0.25, 0.3) is 0 Å².